The number of pyridine rings is 1. The fraction of sp³-hybridized carbons (Fsp3) is 0.100. The van der Waals surface area contributed by atoms with Crippen molar-refractivity contribution in [3.05, 3.63) is 76.8 Å². The monoisotopic (exact) mass is 333 g/mol. The number of hydrogen-bond acceptors (Lipinski definition) is 4. The molecular weight excluding hydrogens is 318 g/mol. The molecule has 0 spiro atoms. The fourth-order valence-corrected chi connectivity index (χ4v) is 3.89. The van der Waals surface area contributed by atoms with Gasteiger partial charge in [0.15, 0.2) is 0 Å². The van der Waals surface area contributed by atoms with Gasteiger partial charge in [0.05, 0.1) is 23.9 Å². The Balaban J connectivity index is 1.91. The normalized spacial score (nSPS) is 11.0. The van der Waals surface area contributed by atoms with Crippen molar-refractivity contribution in [2.45, 2.75) is 6.42 Å². The Hall–Kier alpha value is -2.72. The van der Waals surface area contributed by atoms with Crippen LogP contribution in [0.15, 0.2) is 60.0 Å². The number of benzene rings is 2. The first-order valence-corrected chi connectivity index (χ1v) is 8.56. The molecule has 2 aromatic carbocycles. The number of thiophene rings is 1. The van der Waals surface area contributed by atoms with Gasteiger partial charge in [0.2, 0.25) is 0 Å². The van der Waals surface area contributed by atoms with E-state index in [-0.39, 0.29) is 5.97 Å². The maximum absolute atomic E-state index is 11.8. The second-order valence-corrected chi connectivity index (χ2v) is 6.52. The number of carbonyl (C=O) groups is 1. The van der Waals surface area contributed by atoms with E-state index in [0.717, 1.165) is 23.0 Å². The molecule has 24 heavy (non-hydrogen) atoms. The molecule has 0 amide bonds. The van der Waals surface area contributed by atoms with Crippen molar-refractivity contribution < 1.29 is 9.53 Å². The first-order chi connectivity index (χ1) is 11.8. The number of fused-ring (bicyclic) bond motifs is 3. The molecule has 4 rings (SSSR count). The molecule has 0 N–H and O–H groups in total. The summed E-state index contributed by atoms with van der Waals surface area (Å²) in [6, 6.07) is 18.0. The Morgan fingerprint density at radius 2 is 1.92 bits per heavy atom. The zero-order valence-electron chi connectivity index (χ0n) is 13.2. The second-order valence-electron chi connectivity index (χ2n) is 5.61. The number of nitrogens with zero attached hydrogens (tertiary/aromatic N) is 1. The highest BCUT2D eigenvalue weighted by Crippen LogP contribution is 2.32. The molecule has 3 nitrogen and oxygen atoms in total. The Morgan fingerprint density at radius 3 is 2.71 bits per heavy atom. The van der Waals surface area contributed by atoms with Gasteiger partial charge < -0.3 is 4.74 Å². The van der Waals surface area contributed by atoms with Crippen molar-refractivity contribution >= 4 is 38.3 Å². The summed E-state index contributed by atoms with van der Waals surface area (Å²) in [5, 5.41) is 4.35. The molecule has 0 aliphatic rings. The summed E-state index contributed by atoms with van der Waals surface area (Å²) < 4.78 is 6.03. The van der Waals surface area contributed by atoms with E-state index in [0.29, 0.717) is 5.56 Å². The van der Waals surface area contributed by atoms with Crippen LogP contribution in [0.1, 0.15) is 21.6 Å². The van der Waals surface area contributed by atoms with Gasteiger partial charge in [0.1, 0.15) is 0 Å². The zero-order chi connectivity index (χ0) is 16.5. The minimum atomic E-state index is -0.338. The fourth-order valence-electron chi connectivity index (χ4n) is 2.94. The van der Waals surface area contributed by atoms with Gasteiger partial charge in [-0.2, -0.15) is 0 Å². The molecule has 0 aliphatic carbocycles. The number of carbonyl (C=O) groups excluding carboxylic acids is 1. The van der Waals surface area contributed by atoms with Crippen LogP contribution in [-0.2, 0) is 11.2 Å². The highest BCUT2D eigenvalue weighted by atomic mass is 32.1. The summed E-state index contributed by atoms with van der Waals surface area (Å²) in [5.41, 5.74) is 3.62. The summed E-state index contributed by atoms with van der Waals surface area (Å²) in [7, 11) is 1.39. The molecule has 118 valence electrons. The number of aromatic nitrogens is 1. The SMILES string of the molecule is COC(=O)c1ccc2c(c1)nc(Cc1ccccc1)c1ccsc12. The van der Waals surface area contributed by atoms with Gasteiger partial charge in [-0.15, -0.1) is 11.3 Å². The highest BCUT2D eigenvalue weighted by Gasteiger charge is 2.13. The summed E-state index contributed by atoms with van der Waals surface area (Å²) in [6.07, 6.45) is 0.770. The van der Waals surface area contributed by atoms with Crippen LogP contribution in [0, 0.1) is 0 Å². The summed E-state index contributed by atoms with van der Waals surface area (Å²) in [6.45, 7) is 0. The summed E-state index contributed by atoms with van der Waals surface area (Å²) >= 11 is 1.71. The molecule has 4 aromatic rings. The quantitative estimate of drug-likeness (QED) is 0.504. The minimum Gasteiger partial charge on any atom is -0.465 e. The van der Waals surface area contributed by atoms with E-state index in [2.05, 4.69) is 23.6 Å². The van der Waals surface area contributed by atoms with Crippen molar-refractivity contribution in [1.82, 2.24) is 4.98 Å². The number of rotatable bonds is 3. The summed E-state index contributed by atoms with van der Waals surface area (Å²) in [4.78, 5) is 16.6. The molecule has 0 bridgehead atoms. The predicted octanol–water partition coefficient (Wildman–Crippen LogP) is 4.83. The third kappa shape index (κ3) is 2.55. The van der Waals surface area contributed by atoms with Crippen molar-refractivity contribution in [2.75, 3.05) is 7.11 Å². The van der Waals surface area contributed by atoms with Crippen molar-refractivity contribution in [2.24, 2.45) is 0 Å². The molecule has 0 atom stereocenters. The number of hydrogen-bond donors (Lipinski definition) is 0. The Bertz CT molecular complexity index is 1040. The Kier molecular flexibility index (Phi) is 3.75. The number of ether oxygens (including phenoxy) is 1. The standard InChI is InChI=1S/C20H15NO2S/c1-23-20(22)14-7-8-15-18(12-14)21-17(16-9-10-24-19(15)16)11-13-5-3-2-4-6-13/h2-10,12H,11H2,1H3. The van der Waals surface area contributed by atoms with Gasteiger partial charge in [-0.05, 0) is 29.1 Å². The van der Waals surface area contributed by atoms with Crippen molar-refractivity contribution in [3.63, 3.8) is 0 Å². The van der Waals surface area contributed by atoms with Crippen molar-refractivity contribution in [3.8, 4) is 0 Å². The topological polar surface area (TPSA) is 39.2 Å². The van der Waals surface area contributed by atoms with Gasteiger partial charge in [-0.1, -0.05) is 36.4 Å². The van der Waals surface area contributed by atoms with E-state index in [1.807, 2.05) is 30.3 Å². The molecular formula is C20H15NO2S. The lowest BCUT2D eigenvalue weighted by Crippen LogP contribution is -2.01. The molecule has 0 unspecified atom stereocenters. The smallest absolute Gasteiger partial charge is 0.337 e. The van der Waals surface area contributed by atoms with Gasteiger partial charge >= 0.3 is 5.97 Å². The predicted molar refractivity (Wildman–Crippen MR) is 97.7 cm³/mol. The highest BCUT2D eigenvalue weighted by molar-refractivity contribution is 7.18. The van der Waals surface area contributed by atoms with E-state index in [1.165, 1.54) is 22.8 Å². The lowest BCUT2D eigenvalue weighted by atomic mass is 10.0. The van der Waals surface area contributed by atoms with Gasteiger partial charge in [-0.3, -0.25) is 4.98 Å². The number of esters is 1. The maximum Gasteiger partial charge on any atom is 0.337 e. The molecule has 2 heterocycles. The van der Waals surface area contributed by atoms with Crippen LogP contribution in [0.2, 0.25) is 0 Å². The molecule has 0 saturated carbocycles. The lowest BCUT2D eigenvalue weighted by molar-refractivity contribution is 0.0601. The van der Waals surface area contributed by atoms with Crippen LogP contribution >= 0.6 is 11.3 Å². The third-order valence-electron chi connectivity index (χ3n) is 4.11. The third-order valence-corrected chi connectivity index (χ3v) is 5.06. The second kappa shape index (κ2) is 6.06. The molecule has 0 aliphatic heterocycles. The average molecular weight is 333 g/mol. The van der Waals surface area contributed by atoms with Crippen LogP contribution in [0.3, 0.4) is 0 Å². The summed E-state index contributed by atoms with van der Waals surface area (Å²) in [5.74, 6) is -0.338. The van der Waals surface area contributed by atoms with Crippen molar-refractivity contribution in [1.29, 1.82) is 0 Å². The zero-order valence-corrected chi connectivity index (χ0v) is 14.0. The van der Waals surface area contributed by atoms with Gasteiger partial charge in [0, 0.05) is 21.9 Å². The van der Waals surface area contributed by atoms with Crippen LogP contribution in [-0.4, -0.2) is 18.1 Å². The van der Waals surface area contributed by atoms with E-state index < -0.39 is 0 Å². The van der Waals surface area contributed by atoms with Crippen LogP contribution < -0.4 is 0 Å². The Morgan fingerprint density at radius 1 is 1.08 bits per heavy atom. The molecule has 0 radical (unpaired) electrons. The Labute approximate surface area is 143 Å². The first kappa shape index (κ1) is 14.8. The maximum atomic E-state index is 11.8. The van der Waals surface area contributed by atoms with Gasteiger partial charge in [0.25, 0.3) is 0 Å². The van der Waals surface area contributed by atoms with E-state index in [9.17, 15) is 4.79 Å². The van der Waals surface area contributed by atoms with Gasteiger partial charge in [-0.25, -0.2) is 4.79 Å². The van der Waals surface area contributed by atoms with Crippen LogP contribution in [0.4, 0.5) is 0 Å². The molecule has 2 aromatic heterocycles. The van der Waals surface area contributed by atoms with E-state index >= 15 is 0 Å². The largest absolute Gasteiger partial charge is 0.465 e. The molecule has 0 fully saturated rings. The van der Waals surface area contributed by atoms with Crippen LogP contribution in [0.5, 0.6) is 0 Å². The van der Waals surface area contributed by atoms with E-state index in [1.54, 1.807) is 17.4 Å². The van der Waals surface area contributed by atoms with E-state index in [4.69, 9.17) is 9.72 Å². The number of methoxy groups -OCH3 is 1. The average Bonchev–Trinajstić information content (AvgIpc) is 3.12. The molecule has 4 heteroatoms. The van der Waals surface area contributed by atoms with Crippen LogP contribution in [0.25, 0.3) is 21.0 Å². The lowest BCUT2D eigenvalue weighted by Gasteiger charge is -2.08. The minimum absolute atomic E-state index is 0.338. The first-order valence-electron chi connectivity index (χ1n) is 7.68. The molecule has 0 saturated heterocycles.